The number of hydrogen-bond donors (Lipinski definition) is 3. The molecule has 0 spiro atoms. The first kappa shape index (κ1) is 17.9. The number of carbonyl (C=O) groups is 2. The zero-order valence-corrected chi connectivity index (χ0v) is 13.6. The molecular weight excluding hydrogens is 334 g/mol. The monoisotopic (exact) mass is 351 g/mol. The van der Waals surface area contributed by atoms with Gasteiger partial charge in [0.2, 0.25) is 0 Å². The maximum atomic E-state index is 12.0. The van der Waals surface area contributed by atoms with Gasteiger partial charge in [0.05, 0.1) is 6.20 Å². The molecule has 1 heterocycles. The third-order valence-electron chi connectivity index (χ3n) is 3.38. The fourth-order valence-corrected chi connectivity index (χ4v) is 2.13. The van der Waals surface area contributed by atoms with E-state index in [1.807, 2.05) is 0 Å². The Morgan fingerprint density at radius 2 is 2.00 bits per heavy atom. The van der Waals surface area contributed by atoms with Crippen LogP contribution in [0.4, 0.5) is 4.79 Å². The predicted molar refractivity (Wildman–Crippen MR) is 88.7 cm³/mol. The van der Waals surface area contributed by atoms with Crippen molar-refractivity contribution in [3.63, 3.8) is 0 Å². The van der Waals surface area contributed by atoms with E-state index in [4.69, 9.17) is 22.4 Å². The molecule has 0 saturated heterocycles. The Balaban J connectivity index is 1.79. The van der Waals surface area contributed by atoms with Crippen LogP contribution in [0.3, 0.4) is 0 Å². The maximum absolute atomic E-state index is 12.0. The van der Waals surface area contributed by atoms with E-state index in [1.165, 1.54) is 6.20 Å². The number of halogens is 1. The quantitative estimate of drug-likeness (QED) is 0.653. The largest absolute Gasteiger partial charge is 0.480 e. The third kappa shape index (κ3) is 5.04. The van der Waals surface area contributed by atoms with Gasteiger partial charge in [0.1, 0.15) is 11.7 Å². The van der Waals surface area contributed by atoms with Crippen molar-refractivity contribution in [2.75, 3.05) is 6.54 Å². The van der Waals surface area contributed by atoms with Gasteiger partial charge in [-0.3, -0.25) is 4.79 Å². The van der Waals surface area contributed by atoms with Crippen LogP contribution in [0.25, 0.3) is 11.3 Å². The van der Waals surface area contributed by atoms with Gasteiger partial charge in [0.15, 0.2) is 0 Å². The summed E-state index contributed by atoms with van der Waals surface area (Å²) in [5.74, 6) is -1.02. The Morgan fingerprint density at radius 1 is 1.29 bits per heavy atom. The molecule has 4 N–H and O–H groups in total. The molecule has 0 bridgehead atoms. The van der Waals surface area contributed by atoms with Crippen LogP contribution in [0.1, 0.15) is 19.3 Å². The maximum Gasteiger partial charge on any atom is 0.343 e. The number of carbonyl (C=O) groups excluding carboxylic acids is 1. The molecule has 0 unspecified atom stereocenters. The lowest BCUT2D eigenvalue weighted by Gasteiger charge is -2.06. The minimum absolute atomic E-state index is 0.370. The molecule has 8 nitrogen and oxygen atoms in total. The highest BCUT2D eigenvalue weighted by Crippen LogP contribution is 2.18. The third-order valence-corrected chi connectivity index (χ3v) is 3.63. The number of hydrogen-bond acceptors (Lipinski definition) is 5. The lowest BCUT2D eigenvalue weighted by molar-refractivity contribution is -0.138. The molecule has 0 aliphatic carbocycles. The van der Waals surface area contributed by atoms with Gasteiger partial charge < -0.3 is 16.2 Å². The fourth-order valence-electron chi connectivity index (χ4n) is 2.01. The van der Waals surface area contributed by atoms with Crippen LogP contribution in [0, 0.1) is 0 Å². The summed E-state index contributed by atoms with van der Waals surface area (Å²) < 4.78 is 1.12. The molecule has 1 amide bonds. The van der Waals surface area contributed by atoms with Crippen molar-refractivity contribution in [2.45, 2.75) is 25.3 Å². The Hall–Kier alpha value is -2.45. The zero-order chi connectivity index (χ0) is 17.5. The average Bonchev–Trinajstić information content (AvgIpc) is 3.04. The summed E-state index contributed by atoms with van der Waals surface area (Å²) in [5, 5.41) is 19.7. The minimum Gasteiger partial charge on any atom is -0.480 e. The topological polar surface area (TPSA) is 123 Å². The number of carboxylic acids is 1. The van der Waals surface area contributed by atoms with Gasteiger partial charge in [-0.05, 0) is 31.4 Å². The number of benzene rings is 1. The average molecular weight is 352 g/mol. The molecule has 9 heteroatoms. The summed E-state index contributed by atoms with van der Waals surface area (Å²) in [6, 6.07) is 5.79. The van der Waals surface area contributed by atoms with E-state index < -0.39 is 18.0 Å². The molecule has 1 aromatic carbocycles. The van der Waals surface area contributed by atoms with E-state index in [2.05, 4.69) is 15.6 Å². The SMILES string of the molecule is N[C@@H](CCCCNC(=O)n1cc(-c2ccc(Cl)cc2)nn1)C(=O)O. The molecule has 0 fully saturated rings. The van der Waals surface area contributed by atoms with Gasteiger partial charge in [-0.25, -0.2) is 4.79 Å². The van der Waals surface area contributed by atoms with Crippen molar-refractivity contribution < 1.29 is 14.7 Å². The van der Waals surface area contributed by atoms with Gasteiger partial charge in [-0.2, -0.15) is 4.68 Å². The Bertz CT molecular complexity index is 701. The number of unbranched alkanes of at least 4 members (excludes halogenated alkanes) is 1. The molecule has 1 aromatic heterocycles. The number of amides is 1. The Labute approximate surface area is 143 Å². The molecule has 24 heavy (non-hydrogen) atoms. The number of nitrogens with two attached hydrogens (primary N) is 1. The van der Waals surface area contributed by atoms with Gasteiger partial charge in [0, 0.05) is 17.1 Å². The molecule has 0 aliphatic rings. The fraction of sp³-hybridized carbons (Fsp3) is 0.333. The second-order valence-corrected chi connectivity index (χ2v) is 5.66. The van der Waals surface area contributed by atoms with Gasteiger partial charge in [0.25, 0.3) is 0 Å². The van der Waals surface area contributed by atoms with Crippen LogP contribution in [-0.2, 0) is 4.79 Å². The van der Waals surface area contributed by atoms with Gasteiger partial charge in [-0.1, -0.05) is 28.9 Å². The minimum atomic E-state index is -1.02. The predicted octanol–water partition coefficient (Wildman–Crippen LogP) is 1.74. The summed E-state index contributed by atoms with van der Waals surface area (Å²) in [6.07, 6.45) is 3.14. The first-order valence-corrected chi connectivity index (χ1v) is 7.80. The second-order valence-electron chi connectivity index (χ2n) is 5.23. The number of nitrogens with one attached hydrogen (secondary N) is 1. The van der Waals surface area contributed by atoms with Crippen LogP contribution >= 0.6 is 11.6 Å². The molecular formula is C15H18ClN5O3. The van der Waals surface area contributed by atoms with Crippen molar-refractivity contribution in [2.24, 2.45) is 5.73 Å². The Kier molecular flexibility index (Phi) is 6.28. The first-order valence-electron chi connectivity index (χ1n) is 7.42. The van der Waals surface area contributed by atoms with Crippen molar-refractivity contribution in [3.8, 4) is 11.3 Å². The summed E-state index contributed by atoms with van der Waals surface area (Å²) in [4.78, 5) is 22.5. The van der Waals surface area contributed by atoms with Crippen molar-refractivity contribution >= 4 is 23.6 Å². The molecule has 0 radical (unpaired) electrons. The van der Waals surface area contributed by atoms with Crippen LogP contribution < -0.4 is 11.1 Å². The highest BCUT2D eigenvalue weighted by molar-refractivity contribution is 6.30. The lowest BCUT2D eigenvalue weighted by Crippen LogP contribution is -2.31. The summed E-state index contributed by atoms with van der Waals surface area (Å²) in [5.41, 5.74) is 6.77. The van der Waals surface area contributed by atoms with E-state index in [0.29, 0.717) is 36.5 Å². The summed E-state index contributed by atoms with van der Waals surface area (Å²) >= 11 is 5.83. The van der Waals surface area contributed by atoms with E-state index in [-0.39, 0.29) is 0 Å². The smallest absolute Gasteiger partial charge is 0.343 e. The van der Waals surface area contributed by atoms with Crippen LogP contribution in [0.5, 0.6) is 0 Å². The van der Waals surface area contributed by atoms with Crippen molar-refractivity contribution in [3.05, 3.63) is 35.5 Å². The first-order chi connectivity index (χ1) is 11.5. The van der Waals surface area contributed by atoms with E-state index >= 15 is 0 Å². The van der Waals surface area contributed by atoms with Crippen LogP contribution in [-0.4, -0.2) is 44.7 Å². The standard InChI is InChI=1S/C15H18ClN5O3/c16-11-6-4-10(5-7-11)13-9-21(20-19-13)15(24)18-8-2-1-3-12(17)14(22)23/h4-7,9,12H,1-3,8,17H2,(H,18,24)(H,22,23)/t12-/m0/s1. The molecule has 2 aromatic rings. The van der Waals surface area contributed by atoms with E-state index in [0.717, 1.165) is 10.2 Å². The molecule has 1 atom stereocenters. The lowest BCUT2D eigenvalue weighted by atomic mass is 10.1. The number of aromatic nitrogens is 3. The highest BCUT2D eigenvalue weighted by atomic mass is 35.5. The number of rotatable bonds is 7. The second kappa shape index (κ2) is 8.42. The van der Waals surface area contributed by atoms with Gasteiger partial charge >= 0.3 is 12.0 Å². The summed E-state index contributed by atoms with van der Waals surface area (Å²) in [7, 11) is 0. The molecule has 0 aliphatic heterocycles. The zero-order valence-electron chi connectivity index (χ0n) is 12.9. The molecule has 128 valence electrons. The number of aliphatic carboxylic acids is 1. The number of carboxylic acid groups (broad SMARTS) is 1. The van der Waals surface area contributed by atoms with Crippen molar-refractivity contribution in [1.82, 2.24) is 20.3 Å². The van der Waals surface area contributed by atoms with Gasteiger partial charge in [-0.15, -0.1) is 5.10 Å². The van der Waals surface area contributed by atoms with Crippen molar-refractivity contribution in [1.29, 1.82) is 0 Å². The van der Waals surface area contributed by atoms with Crippen LogP contribution in [0.15, 0.2) is 30.5 Å². The van der Waals surface area contributed by atoms with E-state index in [1.54, 1.807) is 24.3 Å². The normalized spacial score (nSPS) is 11.9. The van der Waals surface area contributed by atoms with E-state index in [9.17, 15) is 9.59 Å². The highest BCUT2D eigenvalue weighted by Gasteiger charge is 2.11. The Morgan fingerprint density at radius 3 is 2.67 bits per heavy atom. The molecule has 2 rings (SSSR count). The molecule has 0 saturated carbocycles. The van der Waals surface area contributed by atoms with Crippen LogP contribution in [0.2, 0.25) is 5.02 Å². The summed E-state index contributed by atoms with van der Waals surface area (Å²) in [6.45, 7) is 0.404. The number of nitrogens with zero attached hydrogens (tertiary/aromatic N) is 3.